The second-order valence-electron chi connectivity index (χ2n) is 7.19. The van der Waals surface area contributed by atoms with Crippen LogP contribution in [0, 0.1) is 5.92 Å². The van der Waals surface area contributed by atoms with Gasteiger partial charge in [-0.2, -0.15) is 11.8 Å². The predicted octanol–water partition coefficient (Wildman–Crippen LogP) is -1.88. The molecule has 0 aromatic carbocycles. The van der Waals surface area contributed by atoms with Gasteiger partial charge in [0.2, 0.25) is 17.7 Å². The van der Waals surface area contributed by atoms with Crippen LogP contribution in [0.5, 0.6) is 0 Å². The number of carboxylic acids is 2. The van der Waals surface area contributed by atoms with Gasteiger partial charge in [0.1, 0.15) is 18.1 Å². The van der Waals surface area contributed by atoms with E-state index >= 15 is 0 Å². The van der Waals surface area contributed by atoms with Crippen molar-refractivity contribution in [2.45, 2.75) is 57.3 Å². The van der Waals surface area contributed by atoms with E-state index in [9.17, 15) is 34.2 Å². The van der Waals surface area contributed by atoms with Gasteiger partial charge in [-0.25, -0.2) is 4.79 Å². The number of rotatable bonds is 15. The Labute approximate surface area is 184 Å². The van der Waals surface area contributed by atoms with Crippen LogP contribution >= 0.6 is 11.8 Å². The normalized spacial score (nSPS) is 14.8. The van der Waals surface area contributed by atoms with Gasteiger partial charge in [0.25, 0.3) is 0 Å². The van der Waals surface area contributed by atoms with Gasteiger partial charge in [0.15, 0.2) is 0 Å². The van der Waals surface area contributed by atoms with Crippen LogP contribution in [0.15, 0.2) is 0 Å². The van der Waals surface area contributed by atoms with Crippen molar-refractivity contribution in [2.24, 2.45) is 11.7 Å². The van der Waals surface area contributed by atoms with Crippen molar-refractivity contribution in [3.63, 3.8) is 0 Å². The number of carbonyl (C=O) groups is 5. The van der Waals surface area contributed by atoms with Gasteiger partial charge < -0.3 is 37.0 Å². The van der Waals surface area contributed by atoms with Gasteiger partial charge in [0.05, 0.1) is 12.6 Å². The predicted molar refractivity (Wildman–Crippen MR) is 113 cm³/mol. The minimum Gasteiger partial charge on any atom is -0.481 e. The van der Waals surface area contributed by atoms with Crippen LogP contribution in [0.2, 0.25) is 0 Å². The third-order valence-electron chi connectivity index (χ3n) is 4.29. The average Bonchev–Trinajstić information content (AvgIpc) is 2.69. The fourth-order valence-corrected chi connectivity index (χ4v) is 2.91. The van der Waals surface area contributed by atoms with Crippen LogP contribution in [0.1, 0.15) is 33.1 Å². The van der Waals surface area contributed by atoms with Crippen LogP contribution in [-0.4, -0.2) is 87.8 Å². The van der Waals surface area contributed by atoms with Crippen LogP contribution in [0.4, 0.5) is 0 Å². The van der Waals surface area contributed by atoms with Crippen molar-refractivity contribution < 1.29 is 39.3 Å². The molecular formula is C18H32N4O8S. The van der Waals surface area contributed by atoms with Crippen molar-refractivity contribution >= 4 is 41.4 Å². The number of aliphatic hydroxyl groups excluding tert-OH is 1. The molecule has 0 heterocycles. The van der Waals surface area contributed by atoms with Gasteiger partial charge in [0, 0.05) is 6.42 Å². The molecule has 0 aromatic heterocycles. The fraction of sp³-hybridized carbons (Fsp3) is 0.722. The maximum atomic E-state index is 12.5. The van der Waals surface area contributed by atoms with E-state index in [1.54, 1.807) is 13.8 Å². The Morgan fingerprint density at radius 3 is 1.94 bits per heavy atom. The van der Waals surface area contributed by atoms with Crippen LogP contribution in [0.3, 0.4) is 0 Å². The highest BCUT2D eigenvalue weighted by Gasteiger charge is 2.31. The SMILES string of the molecule is CSCCC(N)C(=O)NC(CO)C(=O)NC(C(=O)NC(CCC(=O)O)C(=O)O)C(C)C. The summed E-state index contributed by atoms with van der Waals surface area (Å²) < 4.78 is 0. The molecule has 178 valence electrons. The number of thioether (sulfide) groups is 1. The van der Waals surface area contributed by atoms with E-state index in [1.807, 2.05) is 6.26 Å². The smallest absolute Gasteiger partial charge is 0.326 e. The minimum absolute atomic E-state index is 0.335. The lowest BCUT2D eigenvalue weighted by atomic mass is 10.0. The van der Waals surface area contributed by atoms with Gasteiger partial charge in [-0.05, 0) is 30.8 Å². The van der Waals surface area contributed by atoms with Crippen molar-refractivity contribution in [3.05, 3.63) is 0 Å². The Hall–Kier alpha value is -2.38. The van der Waals surface area contributed by atoms with E-state index in [0.717, 1.165) is 0 Å². The van der Waals surface area contributed by atoms with E-state index < -0.39 is 72.8 Å². The summed E-state index contributed by atoms with van der Waals surface area (Å²) in [5.41, 5.74) is 5.74. The molecule has 0 aromatic rings. The standard InChI is InChI=1S/C18H32N4O8S/c1-9(2)14(17(28)20-11(18(29)30)4-5-13(24)25)22-16(27)12(8-23)21-15(26)10(19)6-7-31-3/h9-12,14,23H,4-8,19H2,1-3H3,(H,20,28)(H,21,26)(H,22,27)(H,24,25)(H,29,30). The Balaban J connectivity index is 5.13. The molecule has 0 radical (unpaired) electrons. The fourth-order valence-electron chi connectivity index (χ4n) is 2.42. The number of carbonyl (C=O) groups excluding carboxylic acids is 3. The van der Waals surface area contributed by atoms with E-state index in [2.05, 4.69) is 16.0 Å². The molecule has 4 unspecified atom stereocenters. The summed E-state index contributed by atoms with van der Waals surface area (Å²) >= 11 is 1.50. The molecule has 0 saturated heterocycles. The molecule has 8 N–H and O–H groups in total. The summed E-state index contributed by atoms with van der Waals surface area (Å²) in [5.74, 6) is -4.79. The Kier molecular flexibility index (Phi) is 13.5. The molecule has 0 saturated carbocycles. The molecular weight excluding hydrogens is 432 g/mol. The van der Waals surface area contributed by atoms with E-state index in [4.69, 9.17) is 10.8 Å². The molecule has 0 spiro atoms. The molecule has 13 heteroatoms. The molecule has 0 aliphatic carbocycles. The second-order valence-corrected chi connectivity index (χ2v) is 8.18. The first-order chi connectivity index (χ1) is 14.4. The highest BCUT2D eigenvalue weighted by molar-refractivity contribution is 7.98. The minimum atomic E-state index is -1.45. The van der Waals surface area contributed by atoms with Crippen LogP contribution < -0.4 is 21.7 Å². The molecule has 0 bridgehead atoms. The molecule has 0 aliphatic rings. The number of nitrogens with one attached hydrogen (secondary N) is 3. The third kappa shape index (κ3) is 11.0. The molecule has 3 amide bonds. The molecule has 31 heavy (non-hydrogen) atoms. The zero-order valence-electron chi connectivity index (χ0n) is 17.8. The Morgan fingerprint density at radius 2 is 1.48 bits per heavy atom. The number of hydrogen-bond donors (Lipinski definition) is 7. The first-order valence-electron chi connectivity index (χ1n) is 9.65. The summed E-state index contributed by atoms with van der Waals surface area (Å²) in [7, 11) is 0. The number of nitrogens with two attached hydrogens (primary N) is 1. The second kappa shape index (κ2) is 14.6. The van der Waals surface area contributed by atoms with E-state index in [1.165, 1.54) is 11.8 Å². The average molecular weight is 465 g/mol. The zero-order valence-corrected chi connectivity index (χ0v) is 18.6. The van der Waals surface area contributed by atoms with Gasteiger partial charge in [-0.1, -0.05) is 13.8 Å². The number of aliphatic carboxylic acids is 2. The van der Waals surface area contributed by atoms with Gasteiger partial charge in [-0.3, -0.25) is 19.2 Å². The Morgan fingerprint density at radius 1 is 0.903 bits per heavy atom. The summed E-state index contributed by atoms with van der Waals surface area (Å²) in [6.07, 6.45) is 1.42. The molecule has 0 fully saturated rings. The number of amides is 3. The lowest BCUT2D eigenvalue weighted by Gasteiger charge is -2.26. The Bertz CT molecular complexity index is 646. The number of carboxylic acid groups (broad SMARTS) is 2. The summed E-state index contributed by atoms with van der Waals surface area (Å²) in [6.45, 7) is 2.46. The highest BCUT2D eigenvalue weighted by atomic mass is 32.2. The first kappa shape index (κ1) is 28.6. The van der Waals surface area contributed by atoms with Crippen LogP contribution in [0.25, 0.3) is 0 Å². The first-order valence-corrected chi connectivity index (χ1v) is 11.0. The lowest BCUT2D eigenvalue weighted by molar-refractivity contribution is -0.143. The van der Waals surface area contributed by atoms with Crippen molar-refractivity contribution in [2.75, 3.05) is 18.6 Å². The van der Waals surface area contributed by atoms with Crippen molar-refractivity contribution in [1.29, 1.82) is 0 Å². The van der Waals surface area contributed by atoms with Gasteiger partial charge >= 0.3 is 11.9 Å². The lowest BCUT2D eigenvalue weighted by Crippen LogP contribution is -2.59. The topological polar surface area (TPSA) is 208 Å². The third-order valence-corrected chi connectivity index (χ3v) is 4.94. The molecule has 0 aliphatic heterocycles. The van der Waals surface area contributed by atoms with Crippen molar-refractivity contribution in [1.82, 2.24) is 16.0 Å². The zero-order chi connectivity index (χ0) is 24.1. The number of hydrogen-bond acceptors (Lipinski definition) is 8. The molecule has 0 rings (SSSR count). The van der Waals surface area contributed by atoms with E-state index in [0.29, 0.717) is 12.2 Å². The maximum absolute atomic E-state index is 12.5. The van der Waals surface area contributed by atoms with E-state index in [-0.39, 0.29) is 6.42 Å². The molecule has 12 nitrogen and oxygen atoms in total. The molecule has 4 atom stereocenters. The largest absolute Gasteiger partial charge is 0.481 e. The monoisotopic (exact) mass is 464 g/mol. The summed E-state index contributed by atoms with van der Waals surface area (Å²) in [6, 6.07) is -4.87. The quantitative estimate of drug-likeness (QED) is 0.143. The van der Waals surface area contributed by atoms with Crippen LogP contribution in [-0.2, 0) is 24.0 Å². The highest BCUT2D eigenvalue weighted by Crippen LogP contribution is 2.06. The van der Waals surface area contributed by atoms with Crippen molar-refractivity contribution in [3.8, 4) is 0 Å². The van der Waals surface area contributed by atoms with Gasteiger partial charge in [-0.15, -0.1) is 0 Å². The summed E-state index contributed by atoms with van der Waals surface area (Å²) in [4.78, 5) is 59.1. The maximum Gasteiger partial charge on any atom is 0.326 e. The number of aliphatic hydroxyl groups is 1. The summed E-state index contributed by atoms with van der Waals surface area (Å²) in [5, 5.41) is 34.3.